The molecule has 1 aliphatic heterocycles. The number of hydrogen-bond acceptors (Lipinski definition) is 4. The standard InChI is InChI=1S/C17H19N3O3.ClH/c21-16(19-10-14-6-3-7-23-14)11-20-17(22)15-8-12-4-1-2-5-13(12)9-18-15;/h1-7,15,18H,8-11H2,(H,19,21)(H,20,22);1H/t15-;/m0./s1. The summed E-state index contributed by atoms with van der Waals surface area (Å²) in [5.74, 6) is 0.272. The predicted molar refractivity (Wildman–Crippen MR) is 91.6 cm³/mol. The third kappa shape index (κ3) is 4.59. The Morgan fingerprint density at radius 1 is 1.12 bits per heavy atom. The predicted octanol–water partition coefficient (Wildman–Crippen LogP) is 1.15. The fourth-order valence-electron chi connectivity index (χ4n) is 2.59. The molecule has 1 aromatic carbocycles. The van der Waals surface area contributed by atoms with Gasteiger partial charge in [-0.3, -0.25) is 9.59 Å². The Bertz CT molecular complexity index is 688. The number of furan rings is 1. The lowest BCUT2D eigenvalue weighted by Crippen LogP contribution is -2.49. The molecular weight excluding hydrogens is 330 g/mol. The fraction of sp³-hybridized carbons (Fsp3) is 0.294. The van der Waals surface area contributed by atoms with Gasteiger partial charge in [0.15, 0.2) is 0 Å². The molecule has 0 radical (unpaired) electrons. The van der Waals surface area contributed by atoms with Gasteiger partial charge in [0.1, 0.15) is 5.76 Å². The quantitative estimate of drug-likeness (QED) is 0.756. The van der Waals surface area contributed by atoms with Crippen LogP contribution in [0.25, 0.3) is 0 Å². The average Bonchev–Trinajstić information content (AvgIpc) is 3.11. The Labute approximate surface area is 146 Å². The van der Waals surface area contributed by atoms with Crippen molar-refractivity contribution in [3.8, 4) is 0 Å². The Hall–Kier alpha value is -2.31. The number of amides is 2. The molecule has 0 saturated carbocycles. The molecule has 0 unspecified atom stereocenters. The maximum atomic E-state index is 12.2. The number of nitrogens with one attached hydrogen (secondary N) is 3. The first-order valence-corrected chi connectivity index (χ1v) is 7.59. The summed E-state index contributed by atoms with van der Waals surface area (Å²) in [7, 11) is 0. The number of halogens is 1. The lowest BCUT2D eigenvalue weighted by molar-refractivity contribution is -0.127. The van der Waals surface area contributed by atoms with E-state index in [0.717, 1.165) is 0 Å². The molecule has 128 valence electrons. The van der Waals surface area contributed by atoms with Crippen molar-refractivity contribution in [3.05, 3.63) is 59.5 Å². The van der Waals surface area contributed by atoms with E-state index in [1.165, 1.54) is 11.1 Å². The molecule has 0 saturated heterocycles. The summed E-state index contributed by atoms with van der Waals surface area (Å²) in [5.41, 5.74) is 2.39. The first kappa shape index (κ1) is 18.0. The second kappa shape index (κ2) is 8.52. The number of rotatable bonds is 5. The van der Waals surface area contributed by atoms with Crippen LogP contribution in [0.4, 0.5) is 0 Å². The van der Waals surface area contributed by atoms with E-state index in [0.29, 0.717) is 25.3 Å². The molecule has 6 nitrogen and oxygen atoms in total. The molecule has 0 spiro atoms. The third-order valence-electron chi connectivity index (χ3n) is 3.86. The Morgan fingerprint density at radius 3 is 2.67 bits per heavy atom. The normalized spacial score (nSPS) is 15.8. The summed E-state index contributed by atoms with van der Waals surface area (Å²) < 4.78 is 5.13. The monoisotopic (exact) mass is 349 g/mol. The van der Waals surface area contributed by atoms with E-state index >= 15 is 0 Å². The van der Waals surface area contributed by atoms with E-state index in [9.17, 15) is 9.59 Å². The minimum Gasteiger partial charge on any atom is -0.467 e. The van der Waals surface area contributed by atoms with Crippen LogP contribution in [0.5, 0.6) is 0 Å². The van der Waals surface area contributed by atoms with Gasteiger partial charge in [-0.2, -0.15) is 0 Å². The second-order valence-electron chi connectivity index (χ2n) is 5.48. The molecule has 3 rings (SSSR count). The molecular formula is C17H20ClN3O3. The molecule has 2 amide bonds. The van der Waals surface area contributed by atoms with Gasteiger partial charge in [0.05, 0.1) is 25.4 Å². The van der Waals surface area contributed by atoms with Crippen molar-refractivity contribution in [1.29, 1.82) is 0 Å². The Morgan fingerprint density at radius 2 is 1.92 bits per heavy atom. The van der Waals surface area contributed by atoms with Crippen LogP contribution in [0.2, 0.25) is 0 Å². The van der Waals surface area contributed by atoms with Crippen LogP contribution in [0.3, 0.4) is 0 Å². The van der Waals surface area contributed by atoms with Crippen molar-refractivity contribution in [3.63, 3.8) is 0 Å². The van der Waals surface area contributed by atoms with Gasteiger partial charge in [0, 0.05) is 6.54 Å². The van der Waals surface area contributed by atoms with Gasteiger partial charge in [0.25, 0.3) is 0 Å². The van der Waals surface area contributed by atoms with Crippen LogP contribution >= 0.6 is 12.4 Å². The minimum atomic E-state index is -0.303. The van der Waals surface area contributed by atoms with Crippen LogP contribution in [0.1, 0.15) is 16.9 Å². The highest BCUT2D eigenvalue weighted by Crippen LogP contribution is 2.16. The van der Waals surface area contributed by atoms with E-state index in [1.54, 1.807) is 18.4 Å². The highest BCUT2D eigenvalue weighted by Gasteiger charge is 2.23. The van der Waals surface area contributed by atoms with E-state index < -0.39 is 0 Å². The van der Waals surface area contributed by atoms with Crippen molar-refractivity contribution in [2.45, 2.75) is 25.6 Å². The van der Waals surface area contributed by atoms with Crippen LogP contribution in [-0.4, -0.2) is 24.4 Å². The molecule has 3 N–H and O–H groups in total. The largest absolute Gasteiger partial charge is 0.467 e. The smallest absolute Gasteiger partial charge is 0.239 e. The number of benzene rings is 1. The summed E-state index contributed by atoms with van der Waals surface area (Å²) in [6.45, 7) is 0.940. The maximum Gasteiger partial charge on any atom is 0.239 e. The SMILES string of the molecule is Cl.O=C(CNC(=O)[C@@H]1Cc2ccccc2CN1)NCc1ccco1. The van der Waals surface area contributed by atoms with E-state index in [-0.39, 0.29) is 36.8 Å². The zero-order chi connectivity index (χ0) is 16.1. The van der Waals surface area contributed by atoms with Crippen molar-refractivity contribution >= 4 is 24.2 Å². The summed E-state index contributed by atoms with van der Waals surface area (Å²) in [6.07, 6.45) is 2.19. The Balaban J connectivity index is 0.00000208. The minimum absolute atomic E-state index is 0. The van der Waals surface area contributed by atoms with Gasteiger partial charge in [-0.05, 0) is 29.7 Å². The van der Waals surface area contributed by atoms with Crippen LogP contribution in [0.15, 0.2) is 47.1 Å². The fourth-order valence-corrected chi connectivity index (χ4v) is 2.59. The molecule has 24 heavy (non-hydrogen) atoms. The van der Waals surface area contributed by atoms with Crippen molar-refractivity contribution in [1.82, 2.24) is 16.0 Å². The highest BCUT2D eigenvalue weighted by molar-refractivity contribution is 5.87. The topological polar surface area (TPSA) is 83.4 Å². The highest BCUT2D eigenvalue weighted by atomic mass is 35.5. The number of carbonyl (C=O) groups excluding carboxylic acids is 2. The van der Waals surface area contributed by atoms with E-state index in [1.807, 2.05) is 18.2 Å². The van der Waals surface area contributed by atoms with E-state index in [4.69, 9.17) is 4.42 Å². The Kier molecular flexibility index (Phi) is 6.40. The van der Waals surface area contributed by atoms with Gasteiger partial charge in [-0.15, -0.1) is 12.4 Å². The second-order valence-corrected chi connectivity index (χ2v) is 5.48. The van der Waals surface area contributed by atoms with Crippen LogP contribution < -0.4 is 16.0 Å². The number of fused-ring (bicyclic) bond motifs is 1. The number of hydrogen-bond donors (Lipinski definition) is 3. The first-order valence-electron chi connectivity index (χ1n) is 7.59. The molecule has 1 atom stereocenters. The molecule has 2 heterocycles. The third-order valence-corrected chi connectivity index (χ3v) is 3.86. The van der Waals surface area contributed by atoms with Crippen molar-refractivity contribution in [2.75, 3.05) is 6.54 Å². The molecule has 2 aromatic rings. The zero-order valence-corrected chi connectivity index (χ0v) is 13.9. The van der Waals surface area contributed by atoms with Gasteiger partial charge < -0.3 is 20.4 Å². The summed E-state index contributed by atoms with van der Waals surface area (Å²) in [4.78, 5) is 23.9. The first-order chi connectivity index (χ1) is 11.2. The van der Waals surface area contributed by atoms with Gasteiger partial charge in [0.2, 0.25) is 11.8 Å². The van der Waals surface area contributed by atoms with Crippen molar-refractivity contribution in [2.24, 2.45) is 0 Å². The summed E-state index contributed by atoms with van der Waals surface area (Å²) in [5, 5.41) is 8.55. The van der Waals surface area contributed by atoms with E-state index in [2.05, 4.69) is 22.0 Å². The molecule has 1 aliphatic rings. The molecule has 0 fully saturated rings. The van der Waals surface area contributed by atoms with Crippen LogP contribution in [-0.2, 0) is 29.1 Å². The van der Waals surface area contributed by atoms with Crippen molar-refractivity contribution < 1.29 is 14.0 Å². The van der Waals surface area contributed by atoms with Gasteiger partial charge in [-0.25, -0.2) is 0 Å². The molecule has 0 aliphatic carbocycles. The van der Waals surface area contributed by atoms with Gasteiger partial charge in [-0.1, -0.05) is 24.3 Å². The summed E-state index contributed by atoms with van der Waals surface area (Å²) >= 11 is 0. The lowest BCUT2D eigenvalue weighted by Gasteiger charge is -2.25. The van der Waals surface area contributed by atoms with Crippen LogP contribution in [0, 0.1) is 0 Å². The molecule has 1 aromatic heterocycles. The molecule has 0 bridgehead atoms. The van der Waals surface area contributed by atoms with Gasteiger partial charge >= 0.3 is 0 Å². The average molecular weight is 350 g/mol. The summed E-state index contributed by atoms with van der Waals surface area (Å²) in [6, 6.07) is 11.3. The zero-order valence-electron chi connectivity index (χ0n) is 13.1. The lowest BCUT2D eigenvalue weighted by atomic mass is 9.95. The molecule has 7 heteroatoms. The maximum absolute atomic E-state index is 12.2. The number of carbonyl (C=O) groups is 2.